The van der Waals surface area contributed by atoms with Gasteiger partial charge < -0.3 is 14.6 Å². The molecule has 2 unspecified atom stereocenters. The van der Waals surface area contributed by atoms with E-state index < -0.39 is 11.9 Å². The van der Waals surface area contributed by atoms with Crippen LogP contribution in [0.3, 0.4) is 0 Å². The Morgan fingerprint density at radius 1 is 1.35 bits per heavy atom. The van der Waals surface area contributed by atoms with Crippen LogP contribution in [0.1, 0.15) is 18.9 Å². The zero-order chi connectivity index (χ0) is 12.8. The highest BCUT2D eigenvalue weighted by Crippen LogP contribution is 2.19. The van der Waals surface area contributed by atoms with E-state index in [2.05, 4.69) is 0 Å². The molecule has 2 atom stereocenters. The molecule has 0 aromatic heterocycles. The van der Waals surface area contributed by atoms with Crippen molar-refractivity contribution in [2.75, 3.05) is 14.2 Å². The van der Waals surface area contributed by atoms with E-state index >= 15 is 0 Å². The predicted octanol–water partition coefficient (Wildman–Crippen LogP) is 2.16. The van der Waals surface area contributed by atoms with Crippen LogP contribution in [-0.4, -0.2) is 31.5 Å². The van der Waals surface area contributed by atoms with Crippen molar-refractivity contribution in [3.8, 4) is 5.75 Å². The van der Waals surface area contributed by atoms with Crippen molar-refractivity contribution in [3.05, 3.63) is 29.6 Å². The van der Waals surface area contributed by atoms with Gasteiger partial charge in [0.1, 0.15) is 0 Å². The third kappa shape index (κ3) is 3.68. The van der Waals surface area contributed by atoms with E-state index in [0.29, 0.717) is 6.42 Å². The molecule has 0 aliphatic heterocycles. The largest absolute Gasteiger partial charge is 0.494 e. The summed E-state index contributed by atoms with van der Waals surface area (Å²) < 4.78 is 23.4. The van der Waals surface area contributed by atoms with Gasteiger partial charge in [-0.25, -0.2) is 4.39 Å². The molecule has 3 nitrogen and oxygen atoms in total. The second kappa shape index (κ2) is 6.57. The van der Waals surface area contributed by atoms with Crippen molar-refractivity contribution >= 4 is 0 Å². The molecule has 0 heterocycles. The second-order valence-electron chi connectivity index (χ2n) is 3.92. The minimum absolute atomic E-state index is 0.210. The number of hydrogen-bond donors (Lipinski definition) is 1. The smallest absolute Gasteiger partial charge is 0.165 e. The summed E-state index contributed by atoms with van der Waals surface area (Å²) >= 11 is 0. The molecule has 1 N–H and O–H groups in total. The fourth-order valence-corrected chi connectivity index (χ4v) is 1.81. The number of methoxy groups -OCH3 is 2. The Labute approximate surface area is 101 Å². The lowest BCUT2D eigenvalue weighted by Crippen LogP contribution is -2.29. The molecule has 1 aromatic carbocycles. The van der Waals surface area contributed by atoms with Gasteiger partial charge in [-0.1, -0.05) is 13.0 Å². The topological polar surface area (TPSA) is 38.7 Å². The van der Waals surface area contributed by atoms with Gasteiger partial charge >= 0.3 is 0 Å². The third-order valence-electron chi connectivity index (χ3n) is 2.80. The first-order valence-electron chi connectivity index (χ1n) is 5.65. The molecule has 0 spiro atoms. The maximum absolute atomic E-state index is 13.4. The van der Waals surface area contributed by atoms with Gasteiger partial charge in [-0.15, -0.1) is 0 Å². The van der Waals surface area contributed by atoms with Gasteiger partial charge in [0, 0.05) is 13.5 Å². The van der Waals surface area contributed by atoms with Gasteiger partial charge in [0.15, 0.2) is 11.6 Å². The summed E-state index contributed by atoms with van der Waals surface area (Å²) in [6.07, 6.45) is 0.238. The molecule has 1 aromatic rings. The van der Waals surface area contributed by atoms with Crippen LogP contribution in [0.4, 0.5) is 4.39 Å². The van der Waals surface area contributed by atoms with Crippen LogP contribution < -0.4 is 4.74 Å². The molecule has 0 saturated carbocycles. The van der Waals surface area contributed by atoms with E-state index in [-0.39, 0.29) is 11.9 Å². The first-order chi connectivity index (χ1) is 8.12. The monoisotopic (exact) mass is 242 g/mol. The van der Waals surface area contributed by atoms with E-state index in [1.54, 1.807) is 19.2 Å². The van der Waals surface area contributed by atoms with Crippen molar-refractivity contribution in [2.45, 2.75) is 32.0 Å². The fourth-order valence-electron chi connectivity index (χ4n) is 1.81. The van der Waals surface area contributed by atoms with Gasteiger partial charge in [-0.3, -0.25) is 0 Å². The molecule has 0 radical (unpaired) electrons. The van der Waals surface area contributed by atoms with E-state index in [1.165, 1.54) is 13.2 Å². The van der Waals surface area contributed by atoms with E-state index in [4.69, 9.17) is 9.47 Å². The van der Waals surface area contributed by atoms with Crippen LogP contribution >= 0.6 is 0 Å². The number of rotatable bonds is 6. The minimum atomic E-state index is -0.627. The quantitative estimate of drug-likeness (QED) is 0.830. The number of hydrogen-bond acceptors (Lipinski definition) is 3. The summed E-state index contributed by atoms with van der Waals surface area (Å²) in [5.41, 5.74) is 0.728. The Morgan fingerprint density at radius 2 is 2.06 bits per heavy atom. The molecule has 96 valence electrons. The summed E-state index contributed by atoms with van der Waals surface area (Å²) in [6, 6.07) is 4.68. The molecule has 0 aliphatic rings. The van der Waals surface area contributed by atoms with E-state index in [1.807, 2.05) is 6.92 Å². The van der Waals surface area contributed by atoms with Gasteiger partial charge in [0.2, 0.25) is 0 Å². The van der Waals surface area contributed by atoms with E-state index in [0.717, 1.165) is 12.0 Å². The molecule has 4 heteroatoms. The second-order valence-corrected chi connectivity index (χ2v) is 3.92. The minimum Gasteiger partial charge on any atom is -0.494 e. The van der Waals surface area contributed by atoms with Gasteiger partial charge in [0.05, 0.1) is 19.3 Å². The van der Waals surface area contributed by atoms with Gasteiger partial charge in [-0.05, 0) is 24.1 Å². The summed E-state index contributed by atoms with van der Waals surface area (Å²) in [4.78, 5) is 0. The molecule has 1 rings (SSSR count). The molecule has 0 amide bonds. The number of aliphatic hydroxyl groups excluding tert-OH is 1. The number of benzene rings is 1. The zero-order valence-corrected chi connectivity index (χ0v) is 10.4. The first-order valence-corrected chi connectivity index (χ1v) is 5.65. The Hall–Kier alpha value is -1.13. The summed E-state index contributed by atoms with van der Waals surface area (Å²) in [5.74, 6) is -0.204. The molecule has 0 bridgehead atoms. The zero-order valence-electron chi connectivity index (χ0n) is 10.4. The van der Waals surface area contributed by atoms with Crippen molar-refractivity contribution in [1.29, 1.82) is 0 Å². The number of halogens is 1. The first kappa shape index (κ1) is 13.9. The maximum atomic E-state index is 13.4. The standard InChI is InChI=1S/C13H19FO3/c1-4-12(16-2)11(15)8-9-5-6-13(17-3)10(14)7-9/h5-7,11-12,15H,4,8H2,1-3H3. The lowest BCUT2D eigenvalue weighted by molar-refractivity contribution is -0.0128. The SMILES string of the molecule is CCC(OC)C(O)Cc1ccc(OC)c(F)c1. The highest BCUT2D eigenvalue weighted by Gasteiger charge is 2.17. The van der Waals surface area contributed by atoms with Crippen molar-refractivity contribution < 1.29 is 19.0 Å². The van der Waals surface area contributed by atoms with Crippen LogP contribution in [0.25, 0.3) is 0 Å². The van der Waals surface area contributed by atoms with Crippen molar-refractivity contribution in [3.63, 3.8) is 0 Å². The number of ether oxygens (including phenoxy) is 2. The Morgan fingerprint density at radius 3 is 2.53 bits per heavy atom. The molecule has 0 fully saturated rings. The Bertz CT molecular complexity index is 351. The predicted molar refractivity (Wildman–Crippen MR) is 63.8 cm³/mol. The molecule has 17 heavy (non-hydrogen) atoms. The third-order valence-corrected chi connectivity index (χ3v) is 2.80. The number of aliphatic hydroxyl groups is 1. The highest BCUT2D eigenvalue weighted by atomic mass is 19.1. The van der Waals surface area contributed by atoms with Crippen LogP contribution in [0.2, 0.25) is 0 Å². The lowest BCUT2D eigenvalue weighted by Gasteiger charge is -2.20. The van der Waals surface area contributed by atoms with Crippen LogP contribution in [0, 0.1) is 5.82 Å². The Balaban J connectivity index is 2.71. The molecule has 0 saturated heterocycles. The normalized spacial score (nSPS) is 14.4. The molecular weight excluding hydrogens is 223 g/mol. The van der Waals surface area contributed by atoms with Crippen LogP contribution in [-0.2, 0) is 11.2 Å². The van der Waals surface area contributed by atoms with Gasteiger partial charge in [-0.2, -0.15) is 0 Å². The van der Waals surface area contributed by atoms with Crippen molar-refractivity contribution in [2.24, 2.45) is 0 Å². The summed E-state index contributed by atoms with van der Waals surface area (Å²) in [7, 11) is 2.98. The fraction of sp³-hybridized carbons (Fsp3) is 0.538. The Kier molecular flexibility index (Phi) is 5.38. The van der Waals surface area contributed by atoms with Gasteiger partial charge in [0.25, 0.3) is 0 Å². The van der Waals surface area contributed by atoms with Crippen molar-refractivity contribution in [1.82, 2.24) is 0 Å². The van der Waals surface area contributed by atoms with Crippen LogP contribution in [0.15, 0.2) is 18.2 Å². The maximum Gasteiger partial charge on any atom is 0.165 e. The van der Waals surface area contributed by atoms with Crippen LogP contribution in [0.5, 0.6) is 5.75 Å². The summed E-state index contributed by atoms with van der Waals surface area (Å²) in [5, 5.41) is 9.90. The molecule has 0 aliphatic carbocycles. The lowest BCUT2D eigenvalue weighted by atomic mass is 10.0. The molecular formula is C13H19FO3. The van der Waals surface area contributed by atoms with E-state index in [9.17, 15) is 9.50 Å². The average molecular weight is 242 g/mol. The highest BCUT2D eigenvalue weighted by molar-refractivity contribution is 5.29. The average Bonchev–Trinajstić information content (AvgIpc) is 2.31. The summed E-state index contributed by atoms with van der Waals surface area (Å²) in [6.45, 7) is 1.94.